The van der Waals surface area contributed by atoms with Gasteiger partial charge in [-0.05, 0) is 32.9 Å². The summed E-state index contributed by atoms with van der Waals surface area (Å²) in [7, 11) is -0.971. The smallest absolute Gasteiger partial charge is 0.345 e. The van der Waals surface area contributed by atoms with Crippen LogP contribution in [0.5, 0.6) is 0 Å². The fraction of sp³-hybridized carbons (Fsp3) is 0.500. The maximum atomic E-state index is 11.8. The third-order valence-corrected chi connectivity index (χ3v) is 5.02. The van der Waals surface area contributed by atoms with Gasteiger partial charge in [0.2, 0.25) is 0 Å². The topological polar surface area (TPSA) is 54.4 Å². The summed E-state index contributed by atoms with van der Waals surface area (Å²) in [6, 6.07) is 3.29. The van der Waals surface area contributed by atoms with Gasteiger partial charge < -0.3 is 5.11 Å². The summed E-state index contributed by atoms with van der Waals surface area (Å²) in [6.07, 6.45) is 0. The second-order valence-electron chi connectivity index (χ2n) is 4.17. The van der Waals surface area contributed by atoms with Crippen LogP contribution < -0.4 is 0 Å². The van der Waals surface area contributed by atoms with E-state index in [4.69, 9.17) is 5.11 Å². The Kier molecular flexibility index (Phi) is 3.67. The minimum Gasteiger partial charge on any atom is -0.477 e. The van der Waals surface area contributed by atoms with Gasteiger partial charge in [-0.1, -0.05) is 0 Å². The van der Waals surface area contributed by atoms with Crippen molar-refractivity contribution in [2.45, 2.75) is 31.3 Å². The van der Waals surface area contributed by atoms with Crippen molar-refractivity contribution in [1.29, 1.82) is 0 Å². The van der Waals surface area contributed by atoms with Crippen LogP contribution >= 0.6 is 11.3 Å². The van der Waals surface area contributed by atoms with Crippen LogP contribution in [0.4, 0.5) is 0 Å². The van der Waals surface area contributed by atoms with Crippen molar-refractivity contribution in [3.8, 4) is 0 Å². The Hall–Kier alpha value is -0.680. The molecule has 1 unspecified atom stereocenters. The van der Waals surface area contributed by atoms with Crippen molar-refractivity contribution in [2.24, 2.45) is 0 Å². The Morgan fingerprint density at radius 3 is 2.47 bits per heavy atom. The molecule has 0 fully saturated rings. The standard InChI is InChI=1S/C10H14O3S2/c1-10(2,3)15(13)6-7-4-5-8(14-7)9(11)12/h4-5H,6H2,1-3H3,(H,11,12). The third-order valence-electron chi connectivity index (χ3n) is 1.83. The Labute approximate surface area is 95.6 Å². The highest BCUT2D eigenvalue weighted by molar-refractivity contribution is 7.85. The average molecular weight is 246 g/mol. The van der Waals surface area contributed by atoms with Crippen molar-refractivity contribution < 1.29 is 14.1 Å². The highest BCUT2D eigenvalue weighted by Crippen LogP contribution is 2.22. The van der Waals surface area contributed by atoms with E-state index < -0.39 is 16.8 Å². The van der Waals surface area contributed by atoms with Gasteiger partial charge >= 0.3 is 5.97 Å². The first-order valence-corrected chi connectivity index (χ1v) is 6.65. The van der Waals surface area contributed by atoms with Gasteiger partial charge in [-0.15, -0.1) is 11.3 Å². The molecule has 3 nitrogen and oxygen atoms in total. The highest BCUT2D eigenvalue weighted by Gasteiger charge is 2.20. The second-order valence-corrected chi connectivity index (χ2v) is 7.55. The molecule has 1 aromatic heterocycles. The molecule has 1 atom stereocenters. The normalized spacial score (nSPS) is 13.8. The molecule has 0 aliphatic heterocycles. The fourth-order valence-electron chi connectivity index (χ4n) is 0.916. The predicted molar refractivity (Wildman–Crippen MR) is 62.9 cm³/mol. The van der Waals surface area contributed by atoms with Crippen LogP contribution in [-0.2, 0) is 16.6 Å². The van der Waals surface area contributed by atoms with Crippen LogP contribution in [0, 0.1) is 0 Å². The van der Waals surface area contributed by atoms with Gasteiger partial charge in [0.1, 0.15) is 4.88 Å². The van der Waals surface area contributed by atoms with Crippen molar-refractivity contribution in [2.75, 3.05) is 0 Å². The number of carbonyl (C=O) groups is 1. The van der Waals surface area contributed by atoms with Gasteiger partial charge in [-0.3, -0.25) is 4.21 Å². The molecule has 84 valence electrons. The molecule has 0 saturated carbocycles. The Morgan fingerprint density at radius 1 is 1.47 bits per heavy atom. The Morgan fingerprint density at radius 2 is 2.07 bits per heavy atom. The summed E-state index contributed by atoms with van der Waals surface area (Å²) in [5, 5.41) is 8.73. The number of carboxylic acid groups (broad SMARTS) is 1. The Bertz CT molecular complexity index is 388. The summed E-state index contributed by atoms with van der Waals surface area (Å²) in [4.78, 5) is 11.8. The third kappa shape index (κ3) is 3.43. The van der Waals surface area contributed by atoms with Crippen molar-refractivity contribution in [3.05, 3.63) is 21.9 Å². The lowest BCUT2D eigenvalue weighted by Crippen LogP contribution is -2.22. The number of carboxylic acids is 1. The zero-order chi connectivity index (χ0) is 11.6. The molecular formula is C10H14O3S2. The van der Waals surface area contributed by atoms with Crippen LogP contribution in [0.25, 0.3) is 0 Å². The van der Waals surface area contributed by atoms with E-state index in [0.29, 0.717) is 10.6 Å². The number of hydrogen-bond donors (Lipinski definition) is 1. The summed E-state index contributed by atoms with van der Waals surface area (Å²) >= 11 is 1.19. The van der Waals surface area contributed by atoms with Crippen LogP contribution in [-0.4, -0.2) is 20.0 Å². The van der Waals surface area contributed by atoms with E-state index in [0.717, 1.165) is 4.88 Å². The first-order valence-electron chi connectivity index (χ1n) is 4.51. The van der Waals surface area contributed by atoms with Crippen LogP contribution in [0.15, 0.2) is 12.1 Å². The molecule has 15 heavy (non-hydrogen) atoms. The molecule has 1 aromatic rings. The van der Waals surface area contributed by atoms with E-state index in [1.54, 1.807) is 12.1 Å². The molecule has 0 radical (unpaired) electrons. The van der Waals surface area contributed by atoms with E-state index in [-0.39, 0.29) is 4.75 Å². The van der Waals surface area contributed by atoms with Gasteiger partial charge in [-0.2, -0.15) is 0 Å². The van der Waals surface area contributed by atoms with Gasteiger partial charge in [-0.25, -0.2) is 4.79 Å². The second kappa shape index (κ2) is 4.45. The molecule has 0 amide bonds. The Balaban J connectivity index is 2.74. The lowest BCUT2D eigenvalue weighted by atomic mass is 10.3. The average Bonchev–Trinajstić information content (AvgIpc) is 2.50. The van der Waals surface area contributed by atoms with Crippen molar-refractivity contribution in [1.82, 2.24) is 0 Å². The summed E-state index contributed by atoms with van der Waals surface area (Å²) in [5.74, 6) is -0.491. The molecule has 0 bridgehead atoms. The van der Waals surface area contributed by atoms with Gasteiger partial charge in [0.05, 0.1) is 5.75 Å². The molecular weight excluding hydrogens is 232 g/mol. The molecule has 0 aliphatic rings. The van der Waals surface area contributed by atoms with E-state index in [1.807, 2.05) is 20.8 Å². The first-order chi connectivity index (χ1) is 6.80. The number of hydrogen-bond acceptors (Lipinski definition) is 3. The maximum Gasteiger partial charge on any atom is 0.345 e. The minimum absolute atomic E-state index is 0.257. The monoisotopic (exact) mass is 246 g/mol. The van der Waals surface area contributed by atoms with Gasteiger partial charge in [0, 0.05) is 20.4 Å². The predicted octanol–water partition coefficient (Wildman–Crippen LogP) is 2.49. The largest absolute Gasteiger partial charge is 0.477 e. The van der Waals surface area contributed by atoms with Gasteiger partial charge in [0.15, 0.2) is 0 Å². The number of rotatable bonds is 3. The summed E-state index contributed by atoms with van der Waals surface area (Å²) < 4.78 is 11.5. The van der Waals surface area contributed by atoms with Crippen LogP contribution in [0.1, 0.15) is 35.3 Å². The summed E-state index contributed by atoms with van der Waals surface area (Å²) in [5.41, 5.74) is 0. The van der Waals surface area contributed by atoms with Crippen LogP contribution in [0.2, 0.25) is 0 Å². The van der Waals surface area contributed by atoms with Crippen molar-refractivity contribution in [3.63, 3.8) is 0 Å². The van der Waals surface area contributed by atoms with Crippen LogP contribution in [0.3, 0.4) is 0 Å². The minimum atomic E-state index is -0.971. The van der Waals surface area contributed by atoms with E-state index >= 15 is 0 Å². The van der Waals surface area contributed by atoms with E-state index in [1.165, 1.54) is 11.3 Å². The molecule has 0 aromatic carbocycles. The van der Waals surface area contributed by atoms with Gasteiger partial charge in [0.25, 0.3) is 0 Å². The molecule has 0 saturated heterocycles. The van der Waals surface area contributed by atoms with E-state index in [9.17, 15) is 9.00 Å². The fourth-order valence-corrected chi connectivity index (χ4v) is 2.90. The highest BCUT2D eigenvalue weighted by atomic mass is 32.2. The molecule has 1 heterocycles. The number of thiophene rings is 1. The zero-order valence-corrected chi connectivity index (χ0v) is 10.6. The molecule has 0 spiro atoms. The SMILES string of the molecule is CC(C)(C)S(=O)Cc1ccc(C(=O)O)s1. The summed E-state index contributed by atoms with van der Waals surface area (Å²) in [6.45, 7) is 5.73. The molecule has 1 rings (SSSR count). The first kappa shape index (κ1) is 12.4. The molecule has 0 aliphatic carbocycles. The zero-order valence-electron chi connectivity index (χ0n) is 8.94. The molecule has 5 heteroatoms. The number of aromatic carboxylic acids is 1. The quantitative estimate of drug-likeness (QED) is 0.891. The lowest BCUT2D eigenvalue weighted by Gasteiger charge is -2.16. The maximum absolute atomic E-state index is 11.8. The lowest BCUT2D eigenvalue weighted by molar-refractivity contribution is 0.0702. The van der Waals surface area contributed by atoms with Crippen molar-refractivity contribution >= 4 is 28.1 Å². The van der Waals surface area contributed by atoms with E-state index in [2.05, 4.69) is 0 Å². The molecule has 1 N–H and O–H groups in total.